The largest absolute Gasteiger partial charge is 0.345 e. The first kappa shape index (κ1) is 11.9. The van der Waals surface area contributed by atoms with E-state index in [4.69, 9.17) is 0 Å². The standard InChI is InChI=1S/C12H12BrN3O/c1-16-7-6-14-11(16)8-15-12(17)9-4-2-3-5-10(9)13/h2-7H,8H2,1H3,(H,15,17). The number of aryl methyl sites for hydroxylation is 1. The first-order valence-electron chi connectivity index (χ1n) is 5.17. The van der Waals surface area contributed by atoms with E-state index in [1.165, 1.54) is 0 Å². The van der Waals surface area contributed by atoms with Crippen LogP contribution >= 0.6 is 15.9 Å². The van der Waals surface area contributed by atoms with Gasteiger partial charge >= 0.3 is 0 Å². The number of amides is 1. The number of benzene rings is 1. The molecule has 0 saturated carbocycles. The van der Waals surface area contributed by atoms with Gasteiger partial charge in [-0.15, -0.1) is 0 Å². The van der Waals surface area contributed by atoms with Crippen LogP contribution < -0.4 is 5.32 Å². The zero-order valence-electron chi connectivity index (χ0n) is 9.35. The Morgan fingerprint density at radius 2 is 2.24 bits per heavy atom. The number of nitrogens with zero attached hydrogens (tertiary/aromatic N) is 2. The molecule has 1 amide bonds. The van der Waals surface area contributed by atoms with Crippen LogP contribution in [0.5, 0.6) is 0 Å². The summed E-state index contributed by atoms with van der Waals surface area (Å²) in [5.41, 5.74) is 0.627. The van der Waals surface area contributed by atoms with Gasteiger partial charge in [0.1, 0.15) is 5.82 Å². The van der Waals surface area contributed by atoms with Crippen molar-refractivity contribution < 1.29 is 4.79 Å². The summed E-state index contributed by atoms with van der Waals surface area (Å²) in [6, 6.07) is 7.33. The smallest absolute Gasteiger partial charge is 0.252 e. The maximum absolute atomic E-state index is 11.9. The average Bonchev–Trinajstić information content (AvgIpc) is 2.72. The van der Waals surface area contributed by atoms with Crippen LogP contribution in [0.1, 0.15) is 16.2 Å². The molecule has 5 heteroatoms. The molecule has 1 N–H and O–H groups in total. The van der Waals surface area contributed by atoms with Gasteiger partial charge in [0, 0.05) is 23.9 Å². The Kier molecular flexibility index (Phi) is 3.58. The molecule has 4 nitrogen and oxygen atoms in total. The van der Waals surface area contributed by atoms with Crippen molar-refractivity contribution in [2.24, 2.45) is 7.05 Å². The second kappa shape index (κ2) is 5.14. The molecular weight excluding hydrogens is 282 g/mol. The van der Waals surface area contributed by atoms with Crippen LogP contribution in [0.25, 0.3) is 0 Å². The number of rotatable bonds is 3. The van der Waals surface area contributed by atoms with E-state index in [2.05, 4.69) is 26.2 Å². The van der Waals surface area contributed by atoms with Gasteiger partial charge in [-0.05, 0) is 28.1 Å². The third-order valence-electron chi connectivity index (χ3n) is 2.45. The van der Waals surface area contributed by atoms with Crippen LogP contribution in [0.4, 0.5) is 0 Å². The number of nitrogens with one attached hydrogen (secondary N) is 1. The quantitative estimate of drug-likeness (QED) is 0.942. The molecule has 2 aromatic rings. The van der Waals surface area contributed by atoms with E-state index in [1.807, 2.05) is 36.0 Å². The van der Waals surface area contributed by atoms with E-state index < -0.39 is 0 Å². The molecule has 0 aliphatic heterocycles. The highest BCUT2D eigenvalue weighted by Gasteiger charge is 2.09. The second-order valence-electron chi connectivity index (χ2n) is 3.62. The summed E-state index contributed by atoms with van der Waals surface area (Å²) >= 11 is 3.35. The maximum Gasteiger partial charge on any atom is 0.252 e. The zero-order valence-corrected chi connectivity index (χ0v) is 10.9. The molecule has 0 aliphatic carbocycles. The number of carbonyl (C=O) groups is 1. The second-order valence-corrected chi connectivity index (χ2v) is 4.47. The van der Waals surface area contributed by atoms with Crippen molar-refractivity contribution in [1.29, 1.82) is 0 Å². The highest BCUT2D eigenvalue weighted by atomic mass is 79.9. The molecule has 88 valence electrons. The van der Waals surface area contributed by atoms with E-state index in [0.717, 1.165) is 10.3 Å². The molecule has 0 fully saturated rings. The summed E-state index contributed by atoms with van der Waals surface area (Å²) in [4.78, 5) is 16.0. The van der Waals surface area contributed by atoms with Gasteiger partial charge < -0.3 is 9.88 Å². The van der Waals surface area contributed by atoms with Crippen LogP contribution in [0, 0.1) is 0 Å². The molecular formula is C12H12BrN3O. The predicted octanol–water partition coefficient (Wildman–Crippen LogP) is 2.11. The Bertz CT molecular complexity index is 536. The van der Waals surface area contributed by atoms with E-state index in [9.17, 15) is 4.79 Å². The van der Waals surface area contributed by atoms with Crippen molar-refractivity contribution in [2.75, 3.05) is 0 Å². The zero-order chi connectivity index (χ0) is 12.3. The molecule has 1 heterocycles. The number of halogens is 1. The fourth-order valence-corrected chi connectivity index (χ4v) is 1.93. The summed E-state index contributed by atoms with van der Waals surface area (Å²) < 4.78 is 2.66. The molecule has 0 unspecified atom stereocenters. The van der Waals surface area contributed by atoms with Crippen molar-refractivity contribution in [3.05, 3.63) is 52.5 Å². The minimum atomic E-state index is -0.111. The van der Waals surface area contributed by atoms with Gasteiger partial charge in [0.05, 0.1) is 12.1 Å². The van der Waals surface area contributed by atoms with Gasteiger partial charge in [0.15, 0.2) is 0 Å². The predicted molar refractivity (Wildman–Crippen MR) is 68.5 cm³/mol. The summed E-state index contributed by atoms with van der Waals surface area (Å²) in [5, 5.41) is 2.83. The molecule has 17 heavy (non-hydrogen) atoms. The first-order chi connectivity index (χ1) is 8.18. The Balaban J connectivity index is 2.04. The van der Waals surface area contributed by atoms with Gasteiger partial charge in [0.25, 0.3) is 5.91 Å². The van der Waals surface area contributed by atoms with Crippen molar-refractivity contribution in [3.63, 3.8) is 0 Å². The lowest BCUT2D eigenvalue weighted by Gasteiger charge is -2.06. The highest BCUT2D eigenvalue weighted by Crippen LogP contribution is 2.15. The molecule has 0 radical (unpaired) electrons. The Morgan fingerprint density at radius 3 is 2.88 bits per heavy atom. The normalized spacial score (nSPS) is 10.2. The van der Waals surface area contributed by atoms with Gasteiger partial charge in [0.2, 0.25) is 0 Å². The molecule has 2 rings (SSSR count). The van der Waals surface area contributed by atoms with Crippen LogP contribution in [-0.2, 0) is 13.6 Å². The number of carbonyl (C=O) groups excluding carboxylic acids is 1. The molecule has 0 atom stereocenters. The minimum Gasteiger partial charge on any atom is -0.345 e. The number of imidazole rings is 1. The molecule has 0 spiro atoms. The SMILES string of the molecule is Cn1ccnc1CNC(=O)c1ccccc1Br. The van der Waals surface area contributed by atoms with Crippen LogP contribution in [0.3, 0.4) is 0 Å². The molecule has 1 aromatic carbocycles. The minimum absolute atomic E-state index is 0.111. The molecule has 1 aromatic heterocycles. The van der Waals surface area contributed by atoms with Gasteiger partial charge in [-0.25, -0.2) is 4.98 Å². The van der Waals surface area contributed by atoms with E-state index in [-0.39, 0.29) is 5.91 Å². The maximum atomic E-state index is 11.9. The monoisotopic (exact) mass is 293 g/mol. The van der Waals surface area contributed by atoms with Crippen molar-refractivity contribution >= 4 is 21.8 Å². The lowest BCUT2D eigenvalue weighted by Crippen LogP contribution is -2.24. The third-order valence-corrected chi connectivity index (χ3v) is 3.14. The van der Waals surface area contributed by atoms with Crippen molar-refractivity contribution in [2.45, 2.75) is 6.54 Å². The summed E-state index contributed by atoms with van der Waals surface area (Å²) in [5.74, 6) is 0.714. The van der Waals surface area contributed by atoms with Gasteiger partial charge in [-0.2, -0.15) is 0 Å². The number of hydrogen-bond donors (Lipinski definition) is 1. The van der Waals surface area contributed by atoms with Crippen LogP contribution in [0.2, 0.25) is 0 Å². The summed E-state index contributed by atoms with van der Waals surface area (Å²) in [7, 11) is 1.90. The van der Waals surface area contributed by atoms with Crippen molar-refractivity contribution in [3.8, 4) is 0 Å². The average molecular weight is 294 g/mol. The topological polar surface area (TPSA) is 46.9 Å². The molecule has 0 saturated heterocycles. The van der Waals surface area contributed by atoms with E-state index in [1.54, 1.807) is 12.3 Å². The fourth-order valence-electron chi connectivity index (χ4n) is 1.47. The number of hydrogen-bond acceptors (Lipinski definition) is 2. The van der Waals surface area contributed by atoms with Gasteiger partial charge in [-0.3, -0.25) is 4.79 Å². The summed E-state index contributed by atoms with van der Waals surface area (Å²) in [6.45, 7) is 0.420. The lowest BCUT2D eigenvalue weighted by molar-refractivity contribution is 0.0949. The Morgan fingerprint density at radius 1 is 1.47 bits per heavy atom. The highest BCUT2D eigenvalue weighted by molar-refractivity contribution is 9.10. The molecule has 0 bridgehead atoms. The molecule has 0 aliphatic rings. The fraction of sp³-hybridized carbons (Fsp3) is 0.167. The Hall–Kier alpha value is -1.62. The van der Waals surface area contributed by atoms with Gasteiger partial charge in [-0.1, -0.05) is 12.1 Å². The summed E-state index contributed by atoms with van der Waals surface area (Å²) in [6.07, 6.45) is 3.56. The number of aromatic nitrogens is 2. The lowest BCUT2D eigenvalue weighted by atomic mass is 10.2. The van der Waals surface area contributed by atoms with Crippen LogP contribution in [0.15, 0.2) is 41.1 Å². The van der Waals surface area contributed by atoms with Crippen LogP contribution in [-0.4, -0.2) is 15.5 Å². The first-order valence-corrected chi connectivity index (χ1v) is 5.96. The third kappa shape index (κ3) is 2.74. The Labute approximate surface area is 108 Å². The van der Waals surface area contributed by atoms with Crippen molar-refractivity contribution in [1.82, 2.24) is 14.9 Å². The van der Waals surface area contributed by atoms with E-state index >= 15 is 0 Å². The van der Waals surface area contributed by atoms with E-state index in [0.29, 0.717) is 12.1 Å².